The number of Topliss-reactive ketones (excluding diaryl/α,β-unsaturated/α-hetero) is 1. The van der Waals surface area contributed by atoms with Crippen LogP contribution in [0, 0.1) is 6.92 Å². The molecule has 5 nitrogen and oxygen atoms in total. The number of rotatable bonds is 5. The predicted octanol–water partition coefficient (Wildman–Crippen LogP) is 4.98. The molecule has 2 atom stereocenters. The van der Waals surface area contributed by atoms with Crippen molar-refractivity contribution < 1.29 is 19.4 Å². The Balaban J connectivity index is 1.57. The number of ether oxygens (including phenoxy) is 1. The summed E-state index contributed by atoms with van der Waals surface area (Å²) in [5.41, 5.74) is 4.61. The number of carbonyl (C=O) groups excluding carboxylic acids is 2. The van der Waals surface area contributed by atoms with Gasteiger partial charge in [0.2, 0.25) is 0 Å². The van der Waals surface area contributed by atoms with Gasteiger partial charge in [-0.3, -0.25) is 9.59 Å². The fourth-order valence-corrected chi connectivity index (χ4v) is 4.83. The molecule has 5 heteroatoms. The normalized spacial score (nSPS) is 20.9. The minimum atomic E-state index is -0.652. The molecule has 1 fully saturated rings. The second-order valence-corrected chi connectivity index (χ2v) is 9.09. The molecule has 5 rings (SSSR count). The number of ketones is 1. The fraction of sp³-hybridized carbons (Fsp3) is 0.241. The third-order valence-electron chi connectivity index (χ3n) is 6.59. The van der Waals surface area contributed by atoms with Gasteiger partial charge in [-0.1, -0.05) is 60.2 Å². The highest BCUT2D eigenvalue weighted by molar-refractivity contribution is 6.46. The molecule has 3 aromatic carbocycles. The lowest BCUT2D eigenvalue weighted by molar-refractivity contribution is -0.139. The van der Waals surface area contributed by atoms with E-state index in [-0.39, 0.29) is 17.4 Å². The van der Waals surface area contributed by atoms with Crippen LogP contribution in [0.25, 0.3) is 5.76 Å². The lowest BCUT2D eigenvalue weighted by Gasteiger charge is -2.25. The van der Waals surface area contributed by atoms with Gasteiger partial charge < -0.3 is 14.7 Å². The first kappa shape index (κ1) is 22.0. The van der Waals surface area contributed by atoms with E-state index in [1.165, 1.54) is 0 Å². The van der Waals surface area contributed by atoms with E-state index in [4.69, 9.17) is 4.74 Å². The summed E-state index contributed by atoms with van der Waals surface area (Å²) >= 11 is 0. The number of nitrogens with zero attached hydrogens (tertiary/aromatic N) is 1. The van der Waals surface area contributed by atoms with Crippen molar-refractivity contribution in [3.05, 3.63) is 106 Å². The number of fused-ring (bicyclic) bond motifs is 1. The van der Waals surface area contributed by atoms with Crippen LogP contribution in [-0.2, 0) is 22.4 Å². The molecule has 3 aromatic rings. The topological polar surface area (TPSA) is 66.8 Å². The summed E-state index contributed by atoms with van der Waals surface area (Å²) in [6.45, 7) is 4.36. The Bertz CT molecular complexity index is 1280. The second kappa shape index (κ2) is 8.82. The van der Waals surface area contributed by atoms with Crippen LogP contribution in [0.1, 0.15) is 40.8 Å². The standard InChI is InChI=1S/C29H27NO4/c1-18-8-10-21(11-9-18)26-25(27(31)22-12-13-24-23(17-22)16-19(2)34-24)28(32)29(33)30(26)15-14-20-6-4-3-5-7-20/h3-13,17,19,26,31H,14-16H2,1-2H3/t19-,26+/m0/s1. The molecule has 1 N–H and O–H groups in total. The first-order valence-electron chi connectivity index (χ1n) is 11.6. The van der Waals surface area contributed by atoms with Crippen molar-refractivity contribution in [2.45, 2.75) is 38.8 Å². The van der Waals surface area contributed by atoms with E-state index in [9.17, 15) is 14.7 Å². The van der Waals surface area contributed by atoms with E-state index in [0.717, 1.165) is 34.4 Å². The Labute approximate surface area is 199 Å². The summed E-state index contributed by atoms with van der Waals surface area (Å²) in [7, 11) is 0. The molecule has 1 saturated heterocycles. The van der Waals surface area contributed by atoms with Crippen LogP contribution >= 0.6 is 0 Å². The Morgan fingerprint density at radius 2 is 1.76 bits per heavy atom. The van der Waals surface area contributed by atoms with Gasteiger partial charge in [0.1, 0.15) is 17.6 Å². The monoisotopic (exact) mass is 453 g/mol. The molecule has 0 unspecified atom stereocenters. The zero-order valence-electron chi connectivity index (χ0n) is 19.3. The minimum absolute atomic E-state index is 0.0727. The van der Waals surface area contributed by atoms with Crippen molar-refractivity contribution in [2.75, 3.05) is 6.54 Å². The molecule has 34 heavy (non-hydrogen) atoms. The van der Waals surface area contributed by atoms with Crippen LogP contribution < -0.4 is 4.74 Å². The average molecular weight is 454 g/mol. The van der Waals surface area contributed by atoms with Gasteiger partial charge in [-0.05, 0) is 55.2 Å². The number of hydrogen-bond donors (Lipinski definition) is 1. The van der Waals surface area contributed by atoms with Crippen LogP contribution in [-0.4, -0.2) is 34.3 Å². The maximum Gasteiger partial charge on any atom is 0.295 e. The molecule has 2 aliphatic rings. The zero-order valence-corrected chi connectivity index (χ0v) is 19.3. The molecule has 172 valence electrons. The molecular weight excluding hydrogens is 426 g/mol. The van der Waals surface area contributed by atoms with Gasteiger partial charge in [-0.15, -0.1) is 0 Å². The van der Waals surface area contributed by atoms with Crippen LogP contribution in [0.3, 0.4) is 0 Å². The quantitative estimate of drug-likeness (QED) is 0.336. The summed E-state index contributed by atoms with van der Waals surface area (Å²) in [4.78, 5) is 28.0. The van der Waals surface area contributed by atoms with Gasteiger partial charge >= 0.3 is 0 Å². The minimum Gasteiger partial charge on any atom is -0.507 e. The van der Waals surface area contributed by atoms with E-state index < -0.39 is 17.7 Å². The van der Waals surface area contributed by atoms with Crippen LogP contribution in [0.5, 0.6) is 5.75 Å². The van der Waals surface area contributed by atoms with Crippen molar-refractivity contribution in [1.82, 2.24) is 4.90 Å². The summed E-state index contributed by atoms with van der Waals surface area (Å²) in [5, 5.41) is 11.3. The lowest BCUT2D eigenvalue weighted by Crippen LogP contribution is -2.31. The molecule has 0 spiro atoms. The van der Waals surface area contributed by atoms with Gasteiger partial charge in [-0.2, -0.15) is 0 Å². The number of likely N-dealkylation sites (tertiary alicyclic amines) is 1. The summed E-state index contributed by atoms with van der Waals surface area (Å²) in [5.74, 6) is -0.585. The SMILES string of the molecule is Cc1ccc([C@@H]2C(=C(O)c3ccc4c(c3)C[C@H](C)O4)C(=O)C(=O)N2CCc2ccccc2)cc1. The van der Waals surface area contributed by atoms with Crippen LogP contribution in [0.2, 0.25) is 0 Å². The summed E-state index contributed by atoms with van der Waals surface area (Å²) < 4.78 is 5.77. The van der Waals surface area contributed by atoms with Gasteiger partial charge in [0, 0.05) is 18.5 Å². The number of aliphatic hydroxyl groups is 1. The van der Waals surface area contributed by atoms with Crippen molar-refractivity contribution in [1.29, 1.82) is 0 Å². The van der Waals surface area contributed by atoms with Gasteiger partial charge in [0.15, 0.2) is 0 Å². The first-order valence-corrected chi connectivity index (χ1v) is 11.6. The highest BCUT2D eigenvalue weighted by atomic mass is 16.5. The third-order valence-corrected chi connectivity index (χ3v) is 6.59. The molecule has 0 saturated carbocycles. The van der Waals surface area contributed by atoms with Crippen molar-refractivity contribution in [3.8, 4) is 5.75 Å². The zero-order chi connectivity index (χ0) is 23.8. The van der Waals surface area contributed by atoms with Gasteiger partial charge in [-0.25, -0.2) is 0 Å². The maximum absolute atomic E-state index is 13.2. The second-order valence-electron chi connectivity index (χ2n) is 9.09. The van der Waals surface area contributed by atoms with Crippen LogP contribution in [0.15, 0.2) is 78.4 Å². The van der Waals surface area contributed by atoms with E-state index >= 15 is 0 Å². The Morgan fingerprint density at radius 1 is 1.03 bits per heavy atom. The van der Waals surface area contributed by atoms with Crippen molar-refractivity contribution in [3.63, 3.8) is 0 Å². The van der Waals surface area contributed by atoms with Crippen molar-refractivity contribution >= 4 is 17.4 Å². The Morgan fingerprint density at radius 3 is 2.50 bits per heavy atom. The van der Waals surface area contributed by atoms with E-state index in [1.54, 1.807) is 11.0 Å². The van der Waals surface area contributed by atoms with E-state index in [2.05, 4.69) is 0 Å². The number of amides is 1. The Kier molecular flexibility index (Phi) is 5.70. The predicted molar refractivity (Wildman–Crippen MR) is 131 cm³/mol. The van der Waals surface area contributed by atoms with Gasteiger partial charge in [0.05, 0.1) is 11.6 Å². The number of aryl methyl sites for hydroxylation is 1. The largest absolute Gasteiger partial charge is 0.507 e. The summed E-state index contributed by atoms with van der Waals surface area (Å²) in [6, 6.07) is 22.4. The molecule has 0 aromatic heterocycles. The molecule has 0 bridgehead atoms. The number of carbonyl (C=O) groups is 2. The van der Waals surface area contributed by atoms with Gasteiger partial charge in [0.25, 0.3) is 11.7 Å². The molecule has 2 aliphatic heterocycles. The molecule has 2 heterocycles. The molecule has 0 radical (unpaired) electrons. The highest BCUT2D eigenvalue weighted by Crippen LogP contribution is 2.40. The maximum atomic E-state index is 13.2. The number of benzene rings is 3. The van der Waals surface area contributed by atoms with Crippen LogP contribution in [0.4, 0.5) is 0 Å². The smallest absolute Gasteiger partial charge is 0.295 e. The fourth-order valence-electron chi connectivity index (χ4n) is 4.83. The lowest BCUT2D eigenvalue weighted by atomic mass is 9.94. The molecule has 1 amide bonds. The Hall–Kier alpha value is -3.86. The average Bonchev–Trinajstić information content (AvgIpc) is 3.34. The molecular formula is C29H27NO4. The highest BCUT2D eigenvalue weighted by Gasteiger charge is 2.45. The third kappa shape index (κ3) is 3.98. The number of aliphatic hydroxyl groups excluding tert-OH is 1. The van der Waals surface area contributed by atoms with E-state index in [1.807, 2.05) is 80.6 Å². The molecule has 0 aliphatic carbocycles. The number of hydrogen-bond acceptors (Lipinski definition) is 4. The van der Waals surface area contributed by atoms with Crippen molar-refractivity contribution in [2.24, 2.45) is 0 Å². The summed E-state index contributed by atoms with van der Waals surface area (Å²) in [6.07, 6.45) is 1.43. The van der Waals surface area contributed by atoms with E-state index in [0.29, 0.717) is 18.5 Å². The first-order chi connectivity index (χ1) is 16.4.